The van der Waals surface area contributed by atoms with Crippen LogP contribution in [0.2, 0.25) is 5.02 Å². The number of rotatable bonds is 5. The van der Waals surface area contributed by atoms with Gasteiger partial charge in [-0.05, 0) is 12.5 Å². The lowest BCUT2D eigenvalue weighted by atomic mass is 10.1. The van der Waals surface area contributed by atoms with Crippen molar-refractivity contribution >= 4 is 11.6 Å². The first kappa shape index (κ1) is 12.7. The van der Waals surface area contributed by atoms with Crippen LogP contribution in [0.3, 0.4) is 0 Å². The van der Waals surface area contributed by atoms with Gasteiger partial charge in [-0.1, -0.05) is 18.5 Å². The van der Waals surface area contributed by atoms with E-state index >= 15 is 0 Å². The summed E-state index contributed by atoms with van der Waals surface area (Å²) in [6.07, 6.45) is 0.299. The van der Waals surface area contributed by atoms with Gasteiger partial charge in [-0.2, -0.15) is 0 Å². The fourth-order valence-electron chi connectivity index (χ4n) is 1.63. The van der Waals surface area contributed by atoms with Gasteiger partial charge in [0.2, 0.25) is 0 Å². The van der Waals surface area contributed by atoms with Crippen LogP contribution in [0.5, 0.6) is 0 Å². The molecule has 0 radical (unpaired) electrons. The lowest BCUT2D eigenvalue weighted by molar-refractivity contribution is 0.0391. The highest BCUT2D eigenvalue weighted by Crippen LogP contribution is 2.31. The molecule has 0 saturated carbocycles. The first-order valence-corrected chi connectivity index (χ1v) is 5.87. The fourth-order valence-corrected chi connectivity index (χ4v) is 1.86. The molecule has 1 saturated heterocycles. The third kappa shape index (κ3) is 3.15. The highest BCUT2D eigenvalue weighted by molar-refractivity contribution is 6.31. The van der Waals surface area contributed by atoms with Crippen LogP contribution < -0.4 is 0 Å². The highest BCUT2D eigenvalue weighted by Gasteiger charge is 2.25. The van der Waals surface area contributed by atoms with Gasteiger partial charge in [-0.3, -0.25) is 0 Å². The van der Waals surface area contributed by atoms with Crippen LogP contribution >= 0.6 is 11.6 Å². The lowest BCUT2D eigenvalue weighted by Crippen LogP contribution is -2.09. The number of benzene rings is 1. The Kier molecular flexibility index (Phi) is 3.97. The maximum absolute atomic E-state index is 13.3. The summed E-state index contributed by atoms with van der Waals surface area (Å²) in [5.74, 6) is -1.40. The molecule has 1 aliphatic rings. The smallest absolute Gasteiger partial charge is 0.145 e. The second-order valence-corrected chi connectivity index (χ2v) is 4.35. The molecular weight excluding hydrogens is 250 g/mol. The van der Waals surface area contributed by atoms with Crippen molar-refractivity contribution in [2.45, 2.75) is 25.6 Å². The zero-order valence-corrected chi connectivity index (χ0v) is 10.1. The molecule has 2 rings (SSSR count). The zero-order valence-electron chi connectivity index (χ0n) is 9.38. The minimum absolute atomic E-state index is 0.0741. The number of hydrogen-bond donors (Lipinski definition) is 0. The molecule has 17 heavy (non-hydrogen) atoms. The molecule has 1 unspecified atom stereocenters. The summed E-state index contributed by atoms with van der Waals surface area (Å²) in [6, 6.07) is 1.98. The fraction of sp³-hybridized carbons (Fsp3) is 0.500. The Hall–Kier alpha value is -0.710. The second-order valence-electron chi connectivity index (χ2n) is 3.98. The van der Waals surface area contributed by atoms with Crippen LogP contribution in [0.25, 0.3) is 0 Å². The predicted octanol–water partition coefficient (Wildman–Crippen LogP) is 3.48. The monoisotopic (exact) mass is 262 g/mol. The molecule has 1 fully saturated rings. The molecule has 2 nitrogen and oxygen atoms in total. The molecule has 0 amide bonds. The minimum Gasteiger partial charge on any atom is -0.371 e. The molecule has 0 spiro atoms. The molecule has 0 N–H and O–H groups in total. The third-order valence-electron chi connectivity index (χ3n) is 2.62. The Morgan fingerprint density at radius 2 is 2.24 bits per heavy atom. The van der Waals surface area contributed by atoms with E-state index in [0.717, 1.165) is 6.07 Å². The van der Waals surface area contributed by atoms with Gasteiger partial charge in [0.1, 0.15) is 17.7 Å². The van der Waals surface area contributed by atoms with Crippen LogP contribution in [0, 0.1) is 11.6 Å². The van der Waals surface area contributed by atoms with Crippen molar-refractivity contribution in [3.8, 4) is 0 Å². The summed E-state index contributed by atoms with van der Waals surface area (Å²) in [7, 11) is 0. The van der Waals surface area contributed by atoms with Gasteiger partial charge in [0.25, 0.3) is 0 Å². The van der Waals surface area contributed by atoms with Gasteiger partial charge in [0.15, 0.2) is 0 Å². The largest absolute Gasteiger partial charge is 0.371 e. The van der Waals surface area contributed by atoms with E-state index in [1.807, 2.05) is 6.92 Å². The van der Waals surface area contributed by atoms with Gasteiger partial charge in [0.05, 0.1) is 24.3 Å². The van der Waals surface area contributed by atoms with E-state index in [4.69, 9.17) is 21.1 Å². The van der Waals surface area contributed by atoms with Crippen molar-refractivity contribution in [1.82, 2.24) is 0 Å². The first-order chi connectivity index (χ1) is 8.11. The summed E-state index contributed by atoms with van der Waals surface area (Å²) in [5.41, 5.74) is 0.354. The maximum Gasteiger partial charge on any atom is 0.145 e. The summed E-state index contributed by atoms with van der Waals surface area (Å²) >= 11 is 5.82. The van der Waals surface area contributed by atoms with Crippen LogP contribution in [-0.4, -0.2) is 19.3 Å². The average Bonchev–Trinajstić information content (AvgIpc) is 3.09. The van der Waals surface area contributed by atoms with Crippen LogP contribution in [0.4, 0.5) is 8.78 Å². The van der Waals surface area contributed by atoms with E-state index in [1.165, 1.54) is 6.07 Å². The van der Waals surface area contributed by atoms with E-state index in [9.17, 15) is 8.78 Å². The van der Waals surface area contributed by atoms with Crippen molar-refractivity contribution in [1.29, 1.82) is 0 Å². The van der Waals surface area contributed by atoms with E-state index in [2.05, 4.69) is 0 Å². The topological polar surface area (TPSA) is 21.8 Å². The SMILES string of the molecule is CC[C@@H](OCC1CO1)c1cc(F)cc(F)c1Cl. The third-order valence-corrected chi connectivity index (χ3v) is 3.02. The molecule has 5 heteroatoms. The van der Waals surface area contributed by atoms with Gasteiger partial charge in [-0.25, -0.2) is 8.78 Å². The summed E-state index contributed by atoms with van der Waals surface area (Å²) in [4.78, 5) is 0. The predicted molar refractivity (Wildman–Crippen MR) is 60.1 cm³/mol. The molecule has 2 atom stereocenters. The standard InChI is InChI=1S/C12H13ClF2O2/c1-2-11(17-6-8-5-16-8)9-3-7(14)4-10(15)12(9)13/h3-4,8,11H,2,5-6H2,1H3/t8?,11-/m1/s1. The molecule has 1 aliphatic heterocycles. The van der Waals surface area contributed by atoms with Crippen molar-refractivity contribution in [2.75, 3.05) is 13.2 Å². The molecule has 1 aromatic carbocycles. The Balaban J connectivity index is 2.16. The Bertz CT molecular complexity index is 408. The zero-order chi connectivity index (χ0) is 12.4. The maximum atomic E-state index is 13.3. The number of halogens is 3. The summed E-state index contributed by atoms with van der Waals surface area (Å²) in [6.45, 7) is 2.98. The quantitative estimate of drug-likeness (QED) is 0.599. The minimum atomic E-state index is -0.758. The van der Waals surface area contributed by atoms with Crippen molar-refractivity contribution in [2.24, 2.45) is 0 Å². The average molecular weight is 263 g/mol. The first-order valence-electron chi connectivity index (χ1n) is 5.49. The van der Waals surface area contributed by atoms with Gasteiger partial charge in [0, 0.05) is 11.6 Å². The summed E-state index contributed by atoms with van der Waals surface area (Å²) < 4.78 is 37.0. The summed E-state index contributed by atoms with van der Waals surface area (Å²) in [5, 5.41) is -0.0741. The van der Waals surface area contributed by atoms with Crippen LogP contribution in [0.15, 0.2) is 12.1 Å². The lowest BCUT2D eigenvalue weighted by Gasteiger charge is -2.17. The number of hydrogen-bond acceptors (Lipinski definition) is 2. The Morgan fingerprint density at radius 3 is 2.82 bits per heavy atom. The molecule has 0 bridgehead atoms. The molecular formula is C12H13ClF2O2. The Labute approximate surface area is 103 Å². The van der Waals surface area contributed by atoms with Gasteiger partial charge in [-0.15, -0.1) is 0 Å². The van der Waals surface area contributed by atoms with Crippen LogP contribution in [0.1, 0.15) is 25.0 Å². The normalized spacial score (nSPS) is 20.4. The van der Waals surface area contributed by atoms with E-state index < -0.39 is 17.7 Å². The van der Waals surface area contributed by atoms with Crippen molar-refractivity contribution in [3.63, 3.8) is 0 Å². The number of epoxide rings is 1. The molecule has 0 aromatic heterocycles. The van der Waals surface area contributed by atoms with Crippen LogP contribution in [-0.2, 0) is 9.47 Å². The molecule has 94 valence electrons. The van der Waals surface area contributed by atoms with Crippen molar-refractivity contribution < 1.29 is 18.3 Å². The molecule has 1 heterocycles. The second kappa shape index (κ2) is 5.29. The highest BCUT2D eigenvalue weighted by atomic mass is 35.5. The van der Waals surface area contributed by atoms with Crippen molar-refractivity contribution in [3.05, 3.63) is 34.4 Å². The van der Waals surface area contributed by atoms with E-state index in [-0.39, 0.29) is 11.1 Å². The van der Waals surface area contributed by atoms with Gasteiger partial charge < -0.3 is 9.47 Å². The van der Waals surface area contributed by atoms with E-state index in [0.29, 0.717) is 25.2 Å². The molecule has 0 aliphatic carbocycles. The molecule has 1 aromatic rings. The van der Waals surface area contributed by atoms with E-state index in [1.54, 1.807) is 0 Å². The Morgan fingerprint density at radius 1 is 1.53 bits per heavy atom. The van der Waals surface area contributed by atoms with Gasteiger partial charge >= 0.3 is 0 Å². The number of ether oxygens (including phenoxy) is 2.